The molecule has 0 unspecified atom stereocenters. The zero-order chi connectivity index (χ0) is 12.3. The van der Waals surface area contributed by atoms with E-state index < -0.39 is 5.97 Å². The molecule has 16 heavy (non-hydrogen) atoms. The summed E-state index contributed by atoms with van der Waals surface area (Å²) in [7, 11) is 1.69. The summed E-state index contributed by atoms with van der Waals surface area (Å²) in [5.74, 6) is 0.107. The van der Waals surface area contributed by atoms with Gasteiger partial charge in [-0.05, 0) is 13.8 Å². The molecule has 1 aromatic rings. The number of nitrogens with one attached hydrogen (secondary N) is 1. The third-order valence-electron chi connectivity index (χ3n) is 2.08. The van der Waals surface area contributed by atoms with Gasteiger partial charge in [-0.15, -0.1) is 0 Å². The molecule has 0 aromatic carbocycles. The number of carbonyl (C=O) groups is 2. The van der Waals surface area contributed by atoms with Crippen molar-refractivity contribution < 1.29 is 14.3 Å². The Balaban J connectivity index is 3.13. The largest absolute Gasteiger partial charge is 0.461 e. The van der Waals surface area contributed by atoms with E-state index in [0.29, 0.717) is 5.82 Å². The van der Waals surface area contributed by atoms with Crippen molar-refractivity contribution in [1.82, 2.24) is 9.55 Å². The topological polar surface area (TPSA) is 73.2 Å². The summed E-state index contributed by atoms with van der Waals surface area (Å²) < 4.78 is 6.48. The summed E-state index contributed by atoms with van der Waals surface area (Å²) in [6.45, 7) is 5.11. The van der Waals surface area contributed by atoms with E-state index in [-0.39, 0.29) is 24.0 Å². The van der Waals surface area contributed by atoms with Gasteiger partial charge < -0.3 is 14.6 Å². The fourth-order valence-corrected chi connectivity index (χ4v) is 1.30. The van der Waals surface area contributed by atoms with Gasteiger partial charge in [-0.2, -0.15) is 0 Å². The molecule has 0 aliphatic heterocycles. The van der Waals surface area contributed by atoms with Crippen LogP contribution in [0.3, 0.4) is 0 Å². The highest BCUT2D eigenvalue weighted by molar-refractivity contribution is 5.98. The summed E-state index contributed by atoms with van der Waals surface area (Å²) >= 11 is 0. The molecular formula is C10H15N3O3. The maximum Gasteiger partial charge on any atom is 0.358 e. The first-order chi connectivity index (χ1) is 7.47. The summed E-state index contributed by atoms with van der Waals surface area (Å²) in [6.07, 6.45) is 0. The number of hydrogen-bond acceptors (Lipinski definition) is 4. The monoisotopic (exact) mass is 225 g/mol. The van der Waals surface area contributed by atoms with Gasteiger partial charge in [0.25, 0.3) is 0 Å². The molecule has 0 saturated carbocycles. The highest BCUT2D eigenvalue weighted by Gasteiger charge is 2.21. The Bertz CT molecular complexity index is 423. The maximum absolute atomic E-state index is 11.6. The molecule has 6 nitrogen and oxygen atoms in total. The zero-order valence-corrected chi connectivity index (χ0v) is 9.83. The van der Waals surface area contributed by atoms with Crippen LogP contribution in [0.15, 0.2) is 0 Å². The fraction of sp³-hybridized carbons (Fsp3) is 0.500. The van der Waals surface area contributed by atoms with Crippen LogP contribution in [0, 0.1) is 6.92 Å². The minimum atomic E-state index is -0.491. The van der Waals surface area contributed by atoms with Gasteiger partial charge in [0.15, 0.2) is 11.5 Å². The molecule has 0 atom stereocenters. The predicted molar refractivity (Wildman–Crippen MR) is 58.2 cm³/mol. The van der Waals surface area contributed by atoms with Crippen LogP contribution in [-0.4, -0.2) is 28.0 Å². The molecule has 0 radical (unpaired) electrons. The number of anilines is 1. The third kappa shape index (κ3) is 2.39. The van der Waals surface area contributed by atoms with Crippen LogP contribution < -0.4 is 5.32 Å². The molecule has 6 heteroatoms. The van der Waals surface area contributed by atoms with Gasteiger partial charge in [0.2, 0.25) is 5.91 Å². The second-order valence-corrected chi connectivity index (χ2v) is 3.32. The Labute approximate surface area is 93.6 Å². The standard InChI is InChI=1S/C10H15N3O3/c1-5-16-10(15)8-9(12-7(3)14)11-6(2)13(8)4/h5H2,1-4H3,(H,12,14). The molecule has 0 aliphatic carbocycles. The number of aryl methyl sites for hydroxylation is 1. The maximum atomic E-state index is 11.6. The molecule has 1 aromatic heterocycles. The molecule has 0 bridgehead atoms. The van der Waals surface area contributed by atoms with E-state index in [9.17, 15) is 9.59 Å². The lowest BCUT2D eigenvalue weighted by Crippen LogP contribution is -2.15. The second kappa shape index (κ2) is 4.78. The van der Waals surface area contributed by atoms with Crippen LogP contribution in [0.5, 0.6) is 0 Å². The molecule has 1 rings (SSSR count). The Morgan fingerprint density at radius 3 is 2.62 bits per heavy atom. The normalized spacial score (nSPS) is 10.0. The molecule has 1 heterocycles. The van der Waals surface area contributed by atoms with Gasteiger partial charge in [-0.1, -0.05) is 0 Å². The second-order valence-electron chi connectivity index (χ2n) is 3.32. The quantitative estimate of drug-likeness (QED) is 0.774. The highest BCUT2D eigenvalue weighted by atomic mass is 16.5. The molecule has 88 valence electrons. The summed E-state index contributed by atoms with van der Waals surface area (Å²) in [5, 5.41) is 2.50. The van der Waals surface area contributed by atoms with Crippen molar-refractivity contribution in [2.45, 2.75) is 20.8 Å². The number of ether oxygens (including phenoxy) is 1. The third-order valence-corrected chi connectivity index (χ3v) is 2.08. The minimum Gasteiger partial charge on any atom is -0.461 e. The Morgan fingerprint density at radius 2 is 2.12 bits per heavy atom. The number of imidazole rings is 1. The van der Waals surface area contributed by atoms with Crippen LogP contribution in [-0.2, 0) is 16.6 Å². The van der Waals surface area contributed by atoms with Crippen molar-refractivity contribution in [1.29, 1.82) is 0 Å². The van der Waals surface area contributed by atoms with E-state index >= 15 is 0 Å². The van der Waals surface area contributed by atoms with Crippen LogP contribution in [0.4, 0.5) is 5.82 Å². The van der Waals surface area contributed by atoms with Gasteiger partial charge in [0.1, 0.15) is 5.82 Å². The number of carbonyl (C=O) groups excluding carboxylic acids is 2. The number of nitrogens with zero attached hydrogens (tertiary/aromatic N) is 2. The van der Waals surface area contributed by atoms with E-state index in [4.69, 9.17) is 4.74 Å². The van der Waals surface area contributed by atoms with Gasteiger partial charge >= 0.3 is 5.97 Å². The van der Waals surface area contributed by atoms with Crippen molar-refractivity contribution in [3.8, 4) is 0 Å². The number of rotatable bonds is 3. The van der Waals surface area contributed by atoms with Crippen molar-refractivity contribution in [3.63, 3.8) is 0 Å². The molecule has 1 N–H and O–H groups in total. The van der Waals surface area contributed by atoms with Crippen molar-refractivity contribution in [2.24, 2.45) is 7.05 Å². The number of esters is 1. The number of hydrogen-bond donors (Lipinski definition) is 1. The van der Waals surface area contributed by atoms with Crippen LogP contribution in [0.25, 0.3) is 0 Å². The lowest BCUT2D eigenvalue weighted by Gasteiger charge is -2.05. The van der Waals surface area contributed by atoms with Gasteiger partial charge in [0.05, 0.1) is 6.61 Å². The average Bonchev–Trinajstić information content (AvgIpc) is 2.41. The van der Waals surface area contributed by atoms with Crippen LogP contribution in [0.2, 0.25) is 0 Å². The average molecular weight is 225 g/mol. The smallest absolute Gasteiger partial charge is 0.358 e. The summed E-state index contributed by atoms with van der Waals surface area (Å²) in [5.41, 5.74) is 0.259. The molecule has 1 amide bonds. The van der Waals surface area contributed by atoms with E-state index in [1.165, 1.54) is 6.92 Å². The lowest BCUT2D eigenvalue weighted by atomic mass is 10.4. The summed E-state index contributed by atoms with van der Waals surface area (Å²) in [6, 6.07) is 0. The molecule has 0 fully saturated rings. The molecular weight excluding hydrogens is 210 g/mol. The van der Waals surface area contributed by atoms with Crippen LogP contribution >= 0.6 is 0 Å². The van der Waals surface area contributed by atoms with Crippen LogP contribution in [0.1, 0.15) is 30.2 Å². The fourth-order valence-electron chi connectivity index (χ4n) is 1.30. The first kappa shape index (κ1) is 12.2. The van der Waals surface area contributed by atoms with Gasteiger partial charge in [-0.3, -0.25) is 4.79 Å². The molecule has 0 saturated heterocycles. The van der Waals surface area contributed by atoms with E-state index in [0.717, 1.165) is 0 Å². The highest BCUT2D eigenvalue weighted by Crippen LogP contribution is 2.16. The predicted octanol–water partition coefficient (Wildman–Crippen LogP) is 0.864. The van der Waals surface area contributed by atoms with Crippen molar-refractivity contribution >= 4 is 17.7 Å². The molecule has 0 aliphatic rings. The Hall–Kier alpha value is -1.85. The lowest BCUT2D eigenvalue weighted by molar-refractivity contribution is -0.114. The number of amides is 1. The first-order valence-corrected chi connectivity index (χ1v) is 4.95. The SMILES string of the molecule is CCOC(=O)c1c(NC(C)=O)nc(C)n1C. The van der Waals surface area contributed by atoms with E-state index in [1.54, 1.807) is 25.5 Å². The minimum absolute atomic E-state index is 0.242. The first-order valence-electron chi connectivity index (χ1n) is 4.95. The van der Waals surface area contributed by atoms with Crippen molar-refractivity contribution in [3.05, 3.63) is 11.5 Å². The molecule has 0 spiro atoms. The van der Waals surface area contributed by atoms with E-state index in [2.05, 4.69) is 10.3 Å². The van der Waals surface area contributed by atoms with E-state index in [1.807, 2.05) is 0 Å². The van der Waals surface area contributed by atoms with Crippen molar-refractivity contribution in [2.75, 3.05) is 11.9 Å². The number of aromatic nitrogens is 2. The Kier molecular flexibility index (Phi) is 3.65. The zero-order valence-electron chi connectivity index (χ0n) is 9.83. The van der Waals surface area contributed by atoms with Gasteiger partial charge in [0, 0.05) is 14.0 Å². The summed E-state index contributed by atoms with van der Waals surface area (Å²) in [4.78, 5) is 26.7. The Morgan fingerprint density at radius 1 is 1.50 bits per heavy atom. The van der Waals surface area contributed by atoms with Gasteiger partial charge in [-0.25, -0.2) is 9.78 Å².